The van der Waals surface area contributed by atoms with E-state index < -0.39 is 0 Å². The molecule has 1 aliphatic heterocycles. The van der Waals surface area contributed by atoms with E-state index in [1.165, 1.54) is 6.20 Å². The lowest BCUT2D eigenvalue weighted by Gasteiger charge is -2.22. The maximum Gasteiger partial charge on any atom is 0.263 e. The third-order valence-electron chi connectivity index (χ3n) is 5.44. The molecule has 1 N–H and O–H groups in total. The molecule has 3 aromatic heterocycles. The Morgan fingerprint density at radius 2 is 1.77 bits per heavy atom. The molecule has 0 atom stereocenters. The molecule has 0 radical (unpaired) electrons. The van der Waals surface area contributed by atoms with Gasteiger partial charge in [0.05, 0.1) is 11.9 Å². The number of benzene rings is 1. The molecule has 31 heavy (non-hydrogen) atoms. The van der Waals surface area contributed by atoms with Crippen molar-refractivity contribution in [3.63, 3.8) is 0 Å². The number of anilines is 1. The van der Waals surface area contributed by atoms with Crippen LogP contribution in [0.2, 0.25) is 0 Å². The van der Waals surface area contributed by atoms with Crippen molar-refractivity contribution in [1.29, 1.82) is 0 Å². The minimum atomic E-state index is -0.226. The van der Waals surface area contributed by atoms with Gasteiger partial charge in [-0.3, -0.25) is 19.6 Å². The van der Waals surface area contributed by atoms with Crippen LogP contribution < -0.4 is 10.5 Å². The minimum Gasteiger partial charge on any atom is -0.340 e. The fourth-order valence-corrected chi connectivity index (χ4v) is 3.82. The first-order valence-electron chi connectivity index (χ1n) is 10.2. The molecule has 5 rings (SSSR count). The van der Waals surface area contributed by atoms with E-state index in [0.29, 0.717) is 48.7 Å². The molecule has 156 valence electrons. The number of H-pyrrole nitrogens is 1. The van der Waals surface area contributed by atoms with Crippen molar-refractivity contribution in [3.05, 3.63) is 77.0 Å². The molecule has 0 aliphatic carbocycles. The maximum atomic E-state index is 12.8. The van der Waals surface area contributed by atoms with Crippen molar-refractivity contribution in [3.8, 4) is 5.69 Å². The highest BCUT2D eigenvalue weighted by molar-refractivity contribution is 5.94. The van der Waals surface area contributed by atoms with Crippen LogP contribution in [0.4, 0.5) is 5.95 Å². The SMILES string of the molecule is O=C(c1ccncc1)N1CCCN(c2nc3c(cnn3-c3ccccc3)c(=O)[nH]2)CC1. The van der Waals surface area contributed by atoms with Gasteiger partial charge in [0.25, 0.3) is 11.5 Å². The van der Waals surface area contributed by atoms with Gasteiger partial charge in [-0.25, -0.2) is 4.68 Å². The normalized spacial score (nSPS) is 14.6. The number of fused-ring (bicyclic) bond motifs is 1. The Morgan fingerprint density at radius 3 is 2.58 bits per heavy atom. The Hall–Kier alpha value is -4.01. The Kier molecular flexibility index (Phi) is 4.91. The summed E-state index contributed by atoms with van der Waals surface area (Å²) in [4.78, 5) is 40.9. The van der Waals surface area contributed by atoms with Crippen LogP contribution in [0.5, 0.6) is 0 Å². The summed E-state index contributed by atoms with van der Waals surface area (Å²) < 4.78 is 1.67. The molecule has 1 amide bonds. The van der Waals surface area contributed by atoms with Crippen LogP contribution in [-0.2, 0) is 0 Å². The zero-order valence-corrected chi connectivity index (χ0v) is 16.8. The van der Waals surface area contributed by atoms with Gasteiger partial charge < -0.3 is 9.80 Å². The van der Waals surface area contributed by atoms with Gasteiger partial charge in [0.1, 0.15) is 5.39 Å². The van der Waals surface area contributed by atoms with E-state index in [1.54, 1.807) is 29.2 Å². The van der Waals surface area contributed by atoms with Gasteiger partial charge >= 0.3 is 0 Å². The van der Waals surface area contributed by atoms with Crippen molar-refractivity contribution in [2.45, 2.75) is 6.42 Å². The third kappa shape index (κ3) is 3.65. The lowest BCUT2D eigenvalue weighted by atomic mass is 10.2. The molecule has 9 heteroatoms. The van der Waals surface area contributed by atoms with Gasteiger partial charge in [-0.15, -0.1) is 0 Å². The quantitative estimate of drug-likeness (QED) is 0.548. The number of hydrogen-bond donors (Lipinski definition) is 1. The summed E-state index contributed by atoms with van der Waals surface area (Å²) in [5.41, 5.74) is 1.75. The summed E-state index contributed by atoms with van der Waals surface area (Å²) in [6.07, 6.45) is 5.56. The average Bonchev–Trinajstić information content (AvgIpc) is 3.09. The van der Waals surface area contributed by atoms with Crippen LogP contribution in [0.1, 0.15) is 16.8 Å². The molecule has 1 saturated heterocycles. The lowest BCUT2D eigenvalue weighted by Crippen LogP contribution is -2.36. The van der Waals surface area contributed by atoms with Crippen molar-refractivity contribution in [1.82, 2.24) is 29.6 Å². The van der Waals surface area contributed by atoms with Crippen molar-refractivity contribution in [2.24, 2.45) is 0 Å². The molecule has 0 spiro atoms. The molecular formula is C22H21N7O2. The summed E-state index contributed by atoms with van der Waals surface area (Å²) in [7, 11) is 0. The summed E-state index contributed by atoms with van der Waals surface area (Å²) in [5, 5.41) is 4.80. The van der Waals surface area contributed by atoms with Crippen LogP contribution in [0.3, 0.4) is 0 Å². The number of para-hydroxylation sites is 1. The molecule has 0 unspecified atom stereocenters. The van der Waals surface area contributed by atoms with E-state index >= 15 is 0 Å². The summed E-state index contributed by atoms with van der Waals surface area (Å²) in [6, 6.07) is 13.1. The number of hydrogen-bond acceptors (Lipinski definition) is 6. The molecule has 0 saturated carbocycles. The third-order valence-corrected chi connectivity index (χ3v) is 5.44. The first-order chi connectivity index (χ1) is 15.2. The fraction of sp³-hybridized carbons (Fsp3) is 0.227. The first-order valence-corrected chi connectivity index (χ1v) is 10.2. The largest absolute Gasteiger partial charge is 0.340 e. The van der Waals surface area contributed by atoms with E-state index in [-0.39, 0.29) is 11.5 Å². The predicted molar refractivity (Wildman–Crippen MR) is 116 cm³/mol. The summed E-state index contributed by atoms with van der Waals surface area (Å²) >= 11 is 0. The summed E-state index contributed by atoms with van der Waals surface area (Å²) in [5.74, 6) is 0.483. The molecule has 9 nitrogen and oxygen atoms in total. The second-order valence-corrected chi connectivity index (χ2v) is 7.39. The van der Waals surface area contributed by atoms with E-state index in [9.17, 15) is 9.59 Å². The Balaban J connectivity index is 1.42. The van der Waals surface area contributed by atoms with Crippen LogP contribution in [0, 0.1) is 0 Å². The standard InChI is InChI=1S/C22H21N7O2/c30-20-18-15-24-29(17-5-2-1-3-6-17)19(18)25-22(26-20)28-12-4-11-27(13-14-28)21(31)16-7-9-23-10-8-16/h1-3,5-10,15H,4,11-14H2,(H,25,26,30). The van der Waals surface area contributed by atoms with E-state index in [4.69, 9.17) is 4.98 Å². The van der Waals surface area contributed by atoms with Gasteiger partial charge in [0.15, 0.2) is 5.65 Å². The average molecular weight is 415 g/mol. The number of pyridine rings is 1. The molecule has 4 heterocycles. The molecule has 1 aromatic carbocycles. The zero-order chi connectivity index (χ0) is 21.2. The first kappa shape index (κ1) is 19.0. The predicted octanol–water partition coefficient (Wildman–Crippen LogP) is 1.86. The molecule has 4 aromatic rings. The topological polar surface area (TPSA) is 100 Å². The Morgan fingerprint density at radius 1 is 0.968 bits per heavy atom. The number of carbonyl (C=O) groups excluding carboxylic acids is 1. The second-order valence-electron chi connectivity index (χ2n) is 7.39. The number of nitrogens with zero attached hydrogens (tertiary/aromatic N) is 6. The highest BCUT2D eigenvalue weighted by atomic mass is 16.2. The van der Waals surface area contributed by atoms with Gasteiger partial charge in [-0.1, -0.05) is 18.2 Å². The molecule has 1 aliphatic rings. The van der Waals surface area contributed by atoms with Gasteiger partial charge in [0.2, 0.25) is 5.95 Å². The second kappa shape index (κ2) is 8.02. The van der Waals surface area contributed by atoms with Gasteiger partial charge in [-0.05, 0) is 30.7 Å². The summed E-state index contributed by atoms with van der Waals surface area (Å²) in [6.45, 7) is 2.45. The van der Waals surface area contributed by atoms with Crippen molar-refractivity contribution in [2.75, 3.05) is 31.1 Å². The maximum absolute atomic E-state index is 12.8. The molecular weight excluding hydrogens is 394 g/mol. The van der Waals surface area contributed by atoms with E-state index in [2.05, 4.69) is 15.1 Å². The lowest BCUT2D eigenvalue weighted by molar-refractivity contribution is 0.0767. The monoisotopic (exact) mass is 415 g/mol. The van der Waals surface area contributed by atoms with Gasteiger partial charge in [0, 0.05) is 44.1 Å². The number of aromatic nitrogens is 5. The number of rotatable bonds is 3. The van der Waals surface area contributed by atoms with Crippen LogP contribution in [-0.4, -0.2) is 61.7 Å². The molecule has 1 fully saturated rings. The van der Waals surface area contributed by atoms with Crippen LogP contribution in [0.15, 0.2) is 65.8 Å². The molecule has 0 bridgehead atoms. The van der Waals surface area contributed by atoms with E-state index in [0.717, 1.165) is 12.1 Å². The zero-order valence-electron chi connectivity index (χ0n) is 16.8. The highest BCUT2D eigenvalue weighted by Gasteiger charge is 2.22. The Labute approximate surface area is 178 Å². The number of carbonyl (C=O) groups is 1. The number of aromatic amines is 1. The number of nitrogens with one attached hydrogen (secondary N) is 1. The van der Waals surface area contributed by atoms with E-state index in [1.807, 2.05) is 40.1 Å². The minimum absolute atomic E-state index is 0.0108. The Bertz CT molecular complexity index is 1270. The highest BCUT2D eigenvalue weighted by Crippen LogP contribution is 2.18. The van der Waals surface area contributed by atoms with Crippen LogP contribution in [0.25, 0.3) is 16.7 Å². The fourth-order valence-electron chi connectivity index (χ4n) is 3.82. The number of amides is 1. The van der Waals surface area contributed by atoms with Crippen LogP contribution >= 0.6 is 0 Å². The van der Waals surface area contributed by atoms with Crippen molar-refractivity contribution >= 4 is 22.9 Å². The smallest absolute Gasteiger partial charge is 0.263 e. The van der Waals surface area contributed by atoms with Crippen molar-refractivity contribution < 1.29 is 4.79 Å². The van der Waals surface area contributed by atoms with Gasteiger partial charge in [-0.2, -0.15) is 10.1 Å².